The van der Waals surface area contributed by atoms with Crippen molar-refractivity contribution in [3.05, 3.63) is 35.4 Å². The number of guanidine groups is 1. The average Bonchev–Trinajstić information content (AvgIpc) is 3.06. The molecule has 6 heteroatoms. The number of nitrogens with one attached hydrogen (secondary N) is 1. The van der Waals surface area contributed by atoms with Crippen LogP contribution in [0.4, 0.5) is 8.78 Å². The van der Waals surface area contributed by atoms with Crippen LogP contribution in [0.5, 0.6) is 0 Å². The summed E-state index contributed by atoms with van der Waals surface area (Å²) >= 11 is 0. The molecule has 0 aromatic heterocycles. The van der Waals surface area contributed by atoms with Crippen LogP contribution in [0.2, 0.25) is 0 Å². The minimum atomic E-state index is -0.533. The van der Waals surface area contributed by atoms with Crippen LogP contribution in [0.15, 0.2) is 23.2 Å². The Kier molecular flexibility index (Phi) is 5.77. The Morgan fingerprint density at radius 3 is 2.50 bits per heavy atom. The molecule has 0 atom stereocenters. The highest BCUT2D eigenvalue weighted by atomic mass is 127. The molecular weight excluding hydrogens is 351 g/mol. The van der Waals surface area contributed by atoms with Gasteiger partial charge in [-0.05, 0) is 31.4 Å². The van der Waals surface area contributed by atoms with Crippen molar-refractivity contribution in [2.45, 2.75) is 25.3 Å². The number of hydrogen-bond acceptors (Lipinski definition) is 1. The highest BCUT2D eigenvalue weighted by Crippen LogP contribution is 2.18. The van der Waals surface area contributed by atoms with Gasteiger partial charge in [-0.15, -0.1) is 24.0 Å². The summed E-state index contributed by atoms with van der Waals surface area (Å²) in [6, 6.07) is 4.27. The van der Waals surface area contributed by atoms with Crippen molar-refractivity contribution in [3.8, 4) is 0 Å². The molecule has 0 aliphatic heterocycles. The molecule has 100 valence electrons. The molecule has 1 fully saturated rings. The molecule has 18 heavy (non-hydrogen) atoms. The van der Waals surface area contributed by atoms with Crippen LogP contribution in [-0.2, 0) is 6.42 Å². The van der Waals surface area contributed by atoms with Crippen molar-refractivity contribution in [3.63, 3.8) is 0 Å². The van der Waals surface area contributed by atoms with Gasteiger partial charge in [0.25, 0.3) is 0 Å². The van der Waals surface area contributed by atoms with Gasteiger partial charge in [0.05, 0.1) is 0 Å². The summed E-state index contributed by atoms with van der Waals surface area (Å²) in [6.45, 7) is 0.281. The van der Waals surface area contributed by atoms with Gasteiger partial charge in [-0.1, -0.05) is 6.07 Å². The monoisotopic (exact) mass is 367 g/mol. The van der Waals surface area contributed by atoms with E-state index in [9.17, 15) is 8.78 Å². The number of rotatable bonds is 4. The largest absolute Gasteiger partial charge is 0.370 e. The van der Waals surface area contributed by atoms with Gasteiger partial charge in [0.2, 0.25) is 0 Å². The van der Waals surface area contributed by atoms with Crippen molar-refractivity contribution in [1.82, 2.24) is 5.32 Å². The lowest BCUT2D eigenvalue weighted by Gasteiger charge is -2.04. The molecular formula is C12H16F2IN3. The Labute approximate surface area is 122 Å². The number of aliphatic imine (C=N–C) groups is 1. The number of nitrogens with zero attached hydrogens (tertiary/aromatic N) is 1. The smallest absolute Gasteiger partial charge is 0.188 e. The molecule has 3 N–H and O–H groups in total. The molecule has 3 nitrogen and oxygen atoms in total. The second-order valence-corrected chi connectivity index (χ2v) is 4.14. The molecule has 1 aliphatic rings. The molecule has 1 aromatic rings. The maximum absolute atomic E-state index is 13.3. The zero-order chi connectivity index (χ0) is 12.3. The van der Waals surface area contributed by atoms with Gasteiger partial charge in [-0.2, -0.15) is 0 Å². The predicted molar refractivity (Wildman–Crippen MR) is 78.1 cm³/mol. The van der Waals surface area contributed by atoms with Crippen molar-refractivity contribution in [2.24, 2.45) is 10.7 Å². The first kappa shape index (κ1) is 15.1. The number of nitrogens with two attached hydrogens (primary N) is 1. The van der Waals surface area contributed by atoms with E-state index < -0.39 is 11.6 Å². The van der Waals surface area contributed by atoms with Crippen LogP contribution >= 0.6 is 24.0 Å². The molecule has 0 saturated heterocycles. The normalized spacial score (nSPS) is 15.1. The third-order valence-corrected chi connectivity index (χ3v) is 2.63. The Morgan fingerprint density at radius 1 is 1.33 bits per heavy atom. The van der Waals surface area contributed by atoms with Crippen LogP contribution in [0, 0.1) is 11.6 Å². The zero-order valence-electron chi connectivity index (χ0n) is 9.83. The van der Waals surface area contributed by atoms with E-state index in [1.165, 1.54) is 18.2 Å². The second kappa shape index (κ2) is 6.86. The van der Waals surface area contributed by atoms with Crippen LogP contribution in [0.1, 0.15) is 18.4 Å². The minimum absolute atomic E-state index is 0. The first-order valence-electron chi connectivity index (χ1n) is 5.66. The van der Waals surface area contributed by atoms with E-state index in [0.717, 1.165) is 12.8 Å². The molecule has 1 aliphatic carbocycles. The van der Waals surface area contributed by atoms with E-state index in [2.05, 4.69) is 10.3 Å². The quantitative estimate of drug-likeness (QED) is 0.487. The molecule has 0 spiro atoms. The number of hydrogen-bond donors (Lipinski definition) is 2. The topological polar surface area (TPSA) is 50.4 Å². The fraction of sp³-hybridized carbons (Fsp3) is 0.417. The van der Waals surface area contributed by atoms with Crippen molar-refractivity contribution >= 4 is 29.9 Å². The highest BCUT2D eigenvalue weighted by Gasteiger charge is 2.21. The van der Waals surface area contributed by atoms with Gasteiger partial charge >= 0.3 is 0 Å². The second-order valence-electron chi connectivity index (χ2n) is 4.14. The molecule has 1 saturated carbocycles. The van der Waals surface area contributed by atoms with Gasteiger partial charge in [0.1, 0.15) is 11.6 Å². The fourth-order valence-corrected chi connectivity index (χ4v) is 1.54. The third kappa shape index (κ3) is 4.40. The Bertz CT molecular complexity index is 413. The summed E-state index contributed by atoms with van der Waals surface area (Å²) in [5.74, 6) is -0.716. The lowest BCUT2D eigenvalue weighted by molar-refractivity contribution is 0.555. The zero-order valence-corrected chi connectivity index (χ0v) is 12.2. The maximum Gasteiger partial charge on any atom is 0.188 e. The van der Waals surface area contributed by atoms with Gasteiger partial charge < -0.3 is 11.1 Å². The Hall–Kier alpha value is -0.920. The first-order chi connectivity index (χ1) is 8.16. The molecule has 0 unspecified atom stereocenters. The average molecular weight is 367 g/mol. The Morgan fingerprint density at radius 2 is 1.94 bits per heavy atom. The van der Waals surface area contributed by atoms with E-state index in [4.69, 9.17) is 5.73 Å². The van der Waals surface area contributed by atoms with Gasteiger partial charge in [-0.25, -0.2) is 8.78 Å². The summed E-state index contributed by atoms with van der Waals surface area (Å²) in [4.78, 5) is 4.03. The van der Waals surface area contributed by atoms with Gasteiger partial charge in [0.15, 0.2) is 5.96 Å². The van der Waals surface area contributed by atoms with E-state index in [1.807, 2.05) is 0 Å². The SMILES string of the molecule is I.NC(=NCCc1c(F)cccc1F)NC1CC1. The van der Waals surface area contributed by atoms with Crippen LogP contribution in [0.3, 0.4) is 0 Å². The number of halogens is 3. The van der Waals surface area contributed by atoms with E-state index >= 15 is 0 Å². The molecule has 0 amide bonds. The van der Waals surface area contributed by atoms with Crippen molar-refractivity contribution < 1.29 is 8.78 Å². The Balaban J connectivity index is 0.00000162. The third-order valence-electron chi connectivity index (χ3n) is 2.63. The predicted octanol–water partition coefficient (Wildman–Crippen LogP) is 2.19. The maximum atomic E-state index is 13.3. The molecule has 0 heterocycles. The minimum Gasteiger partial charge on any atom is -0.370 e. The van der Waals surface area contributed by atoms with Crippen molar-refractivity contribution in [2.75, 3.05) is 6.54 Å². The summed E-state index contributed by atoms with van der Waals surface area (Å²) in [5, 5.41) is 3.01. The van der Waals surface area contributed by atoms with Crippen LogP contribution in [-0.4, -0.2) is 18.5 Å². The molecule has 2 rings (SSSR count). The molecule has 1 aromatic carbocycles. The lowest BCUT2D eigenvalue weighted by atomic mass is 10.1. The molecule has 0 bridgehead atoms. The van der Waals surface area contributed by atoms with Crippen LogP contribution < -0.4 is 11.1 Å². The summed E-state index contributed by atoms with van der Waals surface area (Å²) in [5.41, 5.74) is 5.67. The standard InChI is InChI=1S/C12H15F2N3.HI/c13-10-2-1-3-11(14)9(10)6-7-16-12(15)17-8-4-5-8;/h1-3,8H,4-7H2,(H3,15,16,17);1H. The number of benzene rings is 1. The van der Waals surface area contributed by atoms with E-state index in [0.29, 0.717) is 12.0 Å². The highest BCUT2D eigenvalue weighted by molar-refractivity contribution is 14.0. The van der Waals surface area contributed by atoms with Gasteiger partial charge in [-0.3, -0.25) is 4.99 Å². The first-order valence-corrected chi connectivity index (χ1v) is 5.66. The van der Waals surface area contributed by atoms with E-state index in [-0.39, 0.29) is 42.5 Å². The van der Waals surface area contributed by atoms with E-state index in [1.54, 1.807) is 0 Å². The van der Waals surface area contributed by atoms with Crippen molar-refractivity contribution in [1.29, 1.82) is 0 Å². The summed E-state index contributed by atoms with van der Waals surface area (Å²) in [7, 11) is 0. The lowest BCUT2D eigenvalue weighted by Crippen LogP contribution is -2.33. The van der Waals surface area contributed by atoms with Crippen LogP contribution in [0.25, 0.3) is 0 Å². The summed E-state index contributed by atoms with van der Waals surface area (Å²) in [6.07, 6.45) is 2.43. The summed E-state index contributed by atoms with van der Waals surface area (Å²) < 4.78 is 26.5. The molecule has 0 radical (unpaired) electrons. The van der Waals surface area contributed by atoms with Gasteiger partial charge in [0, 0.05) is 18.2 Å². The fourth-order valence-electron chi connectivity index (χ4n) is 1.54.